The minimum atomic E-state index is -5.16. The zero-order chi connectivity index (χ0) is 40.3. The van der Waals surface area contributed by atoms with Gasteiger partial charge in [0.05, 0.1) is 33.6 Å². The molecule has 1 heterocycles. The van der Waals surface area contributed by atoms with Crippen molar-refractivity contribution in [1.29, 1.82) is 0 Å². The molecule has 19 heteroatoms. The van der Waals surface area contributed by atoms with Crippen LogP contribution in [0.15, 0.2) is 97.1 Å². The summed E-state index contributed by atoms with van der Waals surface area (Å²) in [7, 11) is -4.68. The first-order valence-corrected chi connectivity index (χ1v) is 18.0. The average Bonchev–Trinajstić information content (AvgIpc) is 3.17. The normalized spacial score (nSPS) is 22.8. The van der Waals surface area contributed by atoms with Crippen LogP contribution in [0.5, 0.6) is 0 Å². The fourth-order valence-electron chi connectivity index (χ4n) is 6.50. The molecule has 0 bridgehead atoms. The largest absolute Gasteiger partial charge is 0.423 e. The topological polar surface area (TPSA) is 179 Å². The zero-order valence-corrected chi connectivity index (χ0v) is 29.1. The summed E-state index contributed by atoms with van der Waals surface area (Å²) in [5.41, 5.74) is -5.43. The van der Waals surface area contributed by atoms with Gasteiger partial charge in [0, 0.05) is 12.1 Å². The van der Waals surface area contributed by atoms with E-state index in [4.69, 9.17) is 9.47 Å². The molecule has 0 saturated carbocycles. The molecule has 4 aromatic rings. The van der Waals surface area contributed by atoms with Gasteiger partial charge in [-0.1, -0.05) is 60.7 Å². The predicted molar refractivity (Wildman–Crippen MR) is 182 cm³/mol. The molecule has 1 fully saturated rings. The van der Waals surface area contributed by atoms with E-state index in [-0.39, 0.29) is 24.0 Å². The highest BCUT2D eigenvalue weighted by atomic mass is 32.2. The summed E-state index contributed by atoms with van der Waals surface area (Å²) in [5, 5.41) is 42.5. The Labute approximate surface area is 309 Å². The molecule has 0 amide bonds. The molecule has 55 heavy (non-hydrogen) atoms. The van der Waals surface area contributed by atoms with Crippen molar-refractivity contribution in [3.63, 3.8) is 0 Å². The fourth-order valence-corrected chi connectivity index (χ4v) is 9.03. The van der Waals surface area contributed by atoms with E-state index in [1.54, 1.807) is 60.7 Å². The van der Waals surface area contributed by atoms with Gasteiger partial charge in [-0.15, -0.1) is 0 Å². The third-order valence-electron chi connectivity index (χ3n) is 9.17. The second kappa shape index (κ2) is 16.4. The molecule has 6 atom stereocenters. The number of ether oxygens (including phenoxy) is 2. The third-order valence-corrected chi connectivity index (χ3v) is 11.7. The van der Waals surface area contributed by atoms with Crippen LogP contribution in [0.1, 0.15) is 33.4 Å². The number of hydrogen-bond acceptors (Lipinski definition) is 10. The van der Waals surface area contributed by atoms with Gasteiger partial charge in [-0.25, -0.2) is 8.42 Å². The molecule has 2 N–H and O–H groups in total. The Morgan fingerprint density at radius 3 is 1.24 bits per heavy atom. The number of aliphatic hydroxyl groups is 2. The van der Waals surface area contributed by atoms with E-state index in [1.165, 1.54) is 0 Å². The number of alkyl halides is 6. The van der Waals surface area contributed by atoms with E-state index < -0.39 is 103 Å². The first-order chi connectivity index (χ1) is 25.8. The number of nitrogens with zero attached hydrogens (tertiary/aromatic N) is 2. The number of benzene rings is 4. The van der Waals surface area contributed by atoms with Crippen LogP contribution in [0.2, 0.25) is 0 Å². The Balaban J connectivity index is 1.58. The van der Waals surface area contributed by atoms with Crippen LogP contribution in [-0.2, 0) is 57.7 Å². The van der Waals surface area contributed by atoms with Crippen molar-refractivity contribution in [2.24, 2.45) is 0 Å². The first-order valence-electron chi connectivity index (χ1n) is 16.4. The number of nitro groups is 2. The number of halogens is 6. The Bertz CT molecular complexity index is 1960. The second-order valence-electron chi connectivity index (χ2n) is 12.8. The number of hydrogen-bond donors (Lipinski definition) is 2. The van der Waals surface area contributed by atoms with Crippen LogP contribution in [0.25, 0.3) is 0 Å². The van der Waals surface area contributed by atoms with E-state index in [9.17, 15) is 65.2 Å². The summed E-state index contributed by atoms with van der Waals surface area (Å²) in [6.45, 7) is -1.62. The lowest BCUT2D eigenvalue weighted by Gasteiger charge is -2.31. The Kier molecular flexibility index (Phi) is 12.3. The molecule has 0 aliphatic carbocycles. The minimum Gasteiger partial charge on any atom is -0.388 e. The molecule has 0 unspecified atom stereocenters. The minimum absolute atomic E-state index is 0.285. The molecule has 1 aliphatic rings. The number of nitro benzene ring substituents is 2. The summed E-state index contributed by atoms with van der Waals surface area (Å²) in [5.74, 6) is 0. The van der Waals surface area contributed by atoms with E-state index in [0.717, 1.165) is 12.1 Å². The zero-order valence-electron chi connectivity index (χ0n) is 28.3. The molecule has 1 saturated heterocycles. The SMILES string of the molecule is O=[N+]([O-])c1ccc(CO[C@@H]2[C@H](O)[C@@H](O)[C@@H](OCc3ccc([N+](=O)[O-])c(C(F)(F)F)c3)[C@@H](Cc3ccccc3)S(=O)(=O)[C@@H]2Cc2ccccc2)cc1C(F)(F)F. The molecule has 4 aromatic carbocycles. The van der Waals surface area contributed by atoms with Gasteiger partial charge in [0.15, 0.2) is 9.84 Å². The average molecular weight is 799 g/mol. The molecular formula is C36H32F6N2O10S. The summed E-state index contributed by atoms with van der Waals surface area (Å²) in [6, 6.07) is 20.0. The summed E-state index contributed by atoms with van der Waals surface area (Å²) < 4.78 is 124. The maximum atomic E-state index is 14.9. The van der Waals surface area contributed by atoms with Gasteiger partial charge in [-0.2, -0.15) is 26.3 Å². The van der Waals surface area contributed by atoms with Crippen LogP contribution >= 0.6 is 0 Å². The van der Waals surface area contributed by atoms with Crippen LogP contribution in [0.4, 0.5) is 37.7 Å². The molecule has 0 radical (unpaired) electrons. The Morgan fingerprint density at radius 2 is 0.927 bits per heavy atom. The number of aliphatic hydroxyl groups excluding tert-OH is 2. The van der Waals surface area contributed by atoms with Crippen LogP contribution in [0.3, 0.4) is 0 Å². The van der Waals surface area contributed by atoms with Gasteiger partial charge in [-0.05, 0) is 59.4 Å². The van der Waals surface area contributed by atoms with Crippen molar-refractivity contribution in [3.05, 3.63) is 151 Å². The van der Waals surface area contributed by atoms with Gasteiger partial charge >= 0.3 is 12.4 Å². The summed E-state index contributed by atoms with van der Waals surface area (Å²) in [4.78, 5) is 20.1. The smallest absolute Gasteiger partial charge is 0.388 e. The van der Waals surface area contributed by atoms with Gasteiger partial charge in [0.1, 0.15) is 35.5 Å². The standard InChI is InChI=1S/C36H32F6N2O10S/c37-35(38,39)25-15-23(11-13-27(25)43(47)48)19-53-33-29(17-21-7-3-1-4-8-21)55(51,52)30(18-22-9-5-2-6-10-22)34(32(46)31(33)45)54-20-24-12-14-28(44(49)50)26(16-24)36(40,41)42/h1-16,29-34,45-46H,17-20H2/t29-,30-,31-,32-,33+,34+/m1/s1. The van der Waals surface area contributed by atoms with Crippen LogP contribution in [0, 0.1) is 20.2 Å². The van der Waals surface area contributed by atoms with Gasteiger partial charge in [-0.3, -0.25) is 20.2 Å². The quantitative estimate of drug-likeness (QED) is 0.0928. The number of rotatable bonds is 12. The van der Waals surface area contributed by atoms with E-state index in [0.29, 0.717) is 35.4 Å². The van der Waals surface area contributed by atoms with Gasteiger partial charge in [0.2, 0.25) is 0 Å². The molecule has 1 aliphatic heterocycles. The van der Waals surface area contributed by atoms with E-state index >= 15 is 0 Å². The Morgan fingerprint density at radius 1 is 0.582 bits per heavy atom. The maximum Gasteiger partial charge on any atom is 0.423 e. The molecule has 0 spiro atoms. The van der Waals surface area contributed by atoms with Crippen molar-refractivity contribution in [2.75, 3.05) is 0 Å². The molecular weight excluding hydrogens is 766 g/mol. The van der Waals surface area contributed by atoms with Crippen molar-refractivity contribution in [3.8, 4) is 0 Å². The van der Waals surface area contributed by atoms with E-state index in [1.807, 2.05) is 0 Å². The predicted octanol–water partition coefficient (Wildman–Crippen LogP) is 6.38. The highest BCUT2D eigenvalue weighted by molar-refractivity contribution is 7.92. The summed E-state index contributed by atoms with van der Waals surface area (Å²) in [6.07, 6.45) is -19.0. The Hall–Kier alpha value is -4.95. The summed E-state index contributed by atoms with van der Waals surface area (Å²) >= 11 is 0. The fraction of sp³-hybridized carbons (Fsp3) is 0.333. The molecule has 5 rings (SSSR count). The highest BCUT2D eigenvalue weighted by Gasteiger charge is 2.54. The van der Waals surface area contributed by atoms with Crippen LogP contribution in [-0.4, -0.2) is 63.4 Å². The lowest BCUT2D eigenvalue weighted by atomic mass is 9.94. The van der Waals surface area contributed by atoms with Crippen molar-refractivity contribution >= 4 is 21.2 Å². The van der Waals surface area contributed by atoms with Crippen molar-refractivity contribution in [1.82, 2.24) is 0 Å². The second-order valence-corrected chi connectivity index (χ2v) is 15.2. The lowest BCUT2D eigenvalue weighted by Crippen LogP contribution is -2.49. The van der Waals surface area contributed by atoms with Gasteiger partial charge in [0.25, 0.3) is 11.4 Å². The number of sulfone groups is 1. The molecule has 0 aromatic heterocycles. The van der Waals surface area contributed by atoms with E-state index in [2.05, 4.69) is 0 Å². The van der Waals surface area contributed by atoms with Gasteiger partial charge < -0.3 is 19.7 Å². The third kappa shape index (κ3) is 9.48. The maximum absolute atomic E-state index is 14.9. The molecule has 12 nitrogen and oxygen atoms in total. The van der Waals surface area contributed by atoms with Crippen molar-refractivity contribution in [2.45, 2.75) is 73.3 Å². The highest BCUT2D eigenvalue weighted by Crippen LogP contribution is 2.39. The van der Waals surface area contributed by atoms with Crippen LogP contribution < -0.4 is 0 Å². The lowest BCUT2D eigenvalue weighted by molar-refractivity contribution is -0.388. The monoisotopic (exact) mass is 798 g/mol. The molecule has 294 valence electrons. The first kappa shape index (κ1) is 41.2. The van der Waals surface area contributed by atoms with Crippen molar-refractivity contribution < 1.29 is 64.3 Å².